The summed E-state index contributed by atoms with van der Waals surface area (Å²) in [5, 5.41) is 25.9. The fourth-order valence-electron chi connectivity index (χ4n) is 1.44. The molecule has 0 aliphatic rings. The van der Waals surface area contributed by atoms with Crippen LogP contribution in [0.15, 0.2) is 12.2 Å². The zero-order valence-electron chi connectivity index (χ0n) is 9.65. The van der Waals surface area contributed by atoms with Gasteiger partial charge in [0.25, 0.3) is 5.97 Å². The highest BCUT2D eigenvalue weighted by Gasteiger charge is 2.16. The van der Waals surface area contributed by atoms with E-state index in [-0.39, 0.29) is 6.42 Å². The Balaban J connectivity index is 3.09. The number of hydrogen-bond acceptors (Lipinski definition) is 3. The van der Waals surface area contributed by atoms with Crippen LogP contribution in [0.5, 0.6) is 0 Å². The summed E-state index contributed by atoms with van der Waals surface area (Å²) in [5.74, 6) is -2.47. The van der Waals surface area contributed by atoms with Gasteiger partial charge in [-0.15, -0.1) is 0 Å². The van der Waals surface area contributed by atoms with Gasteiger partial charge >= 0.3 is 0 Å². The van der Waals surface area contributed by atoms with Crippen LogP contribution in [0.4, 0.5) is 0 Å². The van der Waals surface area contributed by atoms with Crippen LogP contribution in [0.3, 0.4) is 0 Å². The van der Waals surface area contributed by atoms with Crippen LogP contribution in [0.25, 0.3) is 0 Å². The molecule has 0 aromatic heterocycles. The van der Waals surface area contributed by atoms with Gasteiger partial charge < -0.3 is 15.3 Å². The molecular weight excluding hydrogens is 192 g/mol. The summed E-state index contributed by atoms with van der Waals surface area (Å²) >= 11 is 0. The van der Waals surface area contributed by atoms with Crippen molar-refractivity contribution < 1.29 is 15.3 Å². The van der Waals surface area contributed by atoms with Crippen LogP contribution in [0.2, 0.25) is 0 Å². The maximum absolute atomic E-state index is 8.62. The van der Waals surface area contributed by atoms with Gasteiger partial charge in [0, 0.05) is 6.42 Å². The summed E-state index contributed by atoms with van der Waals surface area (Å²) in [6.07, 6.45) is 11.7. The standard InChI is InChI=1S/C12H24O3/c1-2-3-4-5-6-7-8-9-10-11-12(13,14)15/h3-4,13-15H,2,5-11H2,1H3. The molecule has 0 unspecified atom stereocenters. The minimum Gasteiger partial charge on any atom is -0.344 e. The summed E-state index contributed by atoms with van der Waals surface area (Å²) in [5.41, 5.74) is 0. The molecule has 0 rings (SSSR count). The van der Waals surface area contributed by atoms with Gasteiger partial charge in [-0.05, 0) is 25.7 Å². The second-order valence-corrected chi connectivity index (χ2v) is 3.96. The van der Waals surface area contributed by atoms with E-state index < -0.39 is 5.97 Å². The van der Waals surface area contributed by atoms with Crippen molar-refractivity contribution in [1.82, 2.24) is 0 Å². The molecule has 0 spiro atoms. The van der Waals surface area contributed by atoms with Crippen LogP contribution in [-0.2, 0) is 0 Å². The number of hydrogen-bond donors (Lipinski definition) is 3. The van der Waals surface area contributed by atoms with Gasteiger partial charge in [0.05, 0.1) is 0 Å². The lowest BCUT2D eigenvalue weighted by atomic mass is 10.1. The number of rotatable bonds is 9. The molecule has 0 atom stereocenters. The van der Waals surface area contributed by atoms with E-state index in [0.717, 1.165) is 25.7 Å². The topological polar surface area (TPSA) is 60.7 Å². The SMILES string of the molecule is CCC=CCCCCCCCC(O)(O)O. The van der Waals surface area contributed by atoms with Gasteiger partial charge in [-0.1, -0.05) is 38.3 Å². The Morgan fingerprint density at radius 2 is 1.47 bits per heavy atom. The first-order valence-electron chi connectivity index (χ1n) is 5.88. The lowest BCUT2D eigenvalue weighted by Crippen LogP contribution is -2.26. The minimum absolute atomic E-state index is 0.0444. The smallest absolute Gasteiger partial charge is 0.275 e. The highest BCUT2D eigenvalue weighted by atomic mass is 16.7. The first-order valence-corrected chi connectivity index (χ1v) is 5.88. The van der Waals surface area contributed by atoms with Crippen molar-refractivity contribution in [2.75, 3.05) is 0 Å². The van der Waals surface area contributed by atoms with E-state index in [1.165, 1.54) is 12.8 Å². The molecular formula is C12H24O3. The molecule has 0 fully saturated rings. The number of unbranched alkanes of at least 4 members (excludes halogenated alkanes) is 5. The molecule has 0 heterocycles. The Labute approximate surface area is 92.4 Å². The van der Waals surface area contributed by atoms with E-state index in [1.54, 1.807) is 0 Å². The van der Waals surface area contributed by atoms with Crippen LogP contribution in [0, 0.1) is 0 Å². The van der Waals surface area contributed by atoms with Gasteiger partial charge in [0.1, 0.15) is 0 Å². The van der Waals surface area contributed by atoms with Crippen LogP contribution in [0.1, 0.15) is 58.3 Å². The first kappa shape index (κ1) is 14.6. The lowest BCUT2D eigenvalue weighted by Gasteiger charge is -2.12. The highest BCUT2D eigenvalue weighted by molar-refractivity contribution is 4.79. The Morgan fingerprint density at radius 1 is 0.867 bits per heavy atom. The Kier molecular flexibility index (Phi) is 8.67. The predicted octanol–water partition coefficient (Wildman–Crippen LogP) is 2.31. The number of aliphatic hydroxyl groups is 3. The molecule has 3 heteroatoms. The summed E-state index contributed by atoms with van der Waals surface area (Å²) in [6.45, 7) is 2.13. The average Bonchev–Trinajstić information content (AvgIpc) is 2.14. The first-order chi connectivity index (χ1) is 7.06. The monoisotopic (exact) mass is 216 g/mol. The summed E-state index contributed by atoms with van der Waals surface area (Å²) < 4.78 is 0. The van der Waals surface area contributed by atoms with E-state index >= 15 is 0 Å². The van der Waals surface area contributed by atoms with E-state index in [2.05, 4.69) is 19.1 Å². The van der Waals surface area contributed by atoms with Crippen molar-refractivity contribution in [3.8, 4) is 0 Å². The molecule has 3 N–H and O–H groups in total. The number of allylic oxidation sites excluding steroid dienone is 2. The van der Waals surface area contributed by atoms with Crippen molar-refractivity contribution in [3.63, 3.8) is 0 Å². The van der Waals surface area contributed by atoms with Crippen molar-refractivity contribution in [1.29, 1.82) is 0 Å². The van der Waals surface area contributed by atoms with Gasteiger partial charge in [-0.25, -0.2) is 0 Å². The molecule has 15 heavy (non-hydrogen) atoms. The molecule has 0 aliphatic carbocycles. The van der Waals surface area contributed by atoms with E-state index in [0.29, 0.717) is 6.42 Å². The predicted molar refractivity (Wildman–Crippen MR) is 61.1 cm³/mol. The van der Waals surface area contributed by atoms with Gasteiger partial charge in [-0.2, -0.15) is 0 Å². The fraction of sp³-hybridized carbons (Fsp3) is 0.833. The molecule has 0 saturated heterocycles. The van der Waals surface area contributed by atoms with Crippen molar-refractivity contribution in [2.24, 2.45) is 0 Å². The highest BCUT2D eigenvalue weighted by Crippen LogP contribution is 2.11. The zero-order valence-corrected chi connectivity index (χ0v) is 9.65. The summed E-state index contributed by atoms with van der Waals surface area (Å²) in [6, 6.07) is 0. The molecule has 0 amide bonds. The van der Waals surface area contributed by atoms with Gasteiger partial charge in [0.15, 0.2) is 0 Å². The fourth-order valence-corrected chi connectivity index (χ4v) is 1.44. The van der Waals surface area contributed by atoms with Crippen molar-refractivity contribution in [3.05, 3.63) is 12.2 Å². The maximum Gasteiger partial charge on any atom is 0.275 e. The maximum atomic E-state index is 8.62. The average molecular weight is 216 g/mol. The molecule has 0 aromatic carbocycles. The summed E-state index contributed by atoms with van der Waals surface area (Å²) in [7, 11) is 0. The molecule has 0 bridgehead atoms. The molecule has 3 nitrogen and oxygen atoms in total. The zero-order chi connectivity index (χ0) is 11.6. The molecule has 0 aliphatic heterocycles. The molecule has 0 aromatic rings. The third kappa shape index (κ3) is 13.6. The van der Waals surface area contributed by atoms with E-state index in [1.807, 2.05) is 0 Å². The third-order valence-corrected chi connectivity index (χ3v) is 2.29. The van der Waals surface area contributed by atoms with E-state index in [9.17, 15) is 0 Å². The normalized spacial score (nSPS) is 12.5. The van der Waals surface area contributed by atoms with Crippen molar-refractivity contribution in [2.45, 2.75) is 64.3 Å². The van der Waals surface area contributed by atoms with Gasteiger partial charge in [-0.3, -0.25) is 0 Å². The Hall–Kier alpha value is -0.380. The summed E-state index contributed by atoms with van der Waals surface area (Å²) in [4.78, 5) is 0. The third-order valence-electron chi connectivity index (χ3n) is 2.29. The van der Waals surface area contributed by atoms with Crippen LogP contribution in [-0.4, -0.2) is 21.3 Å². The van der Waals surface area contributed by atoms with Crippen molar-refractivity contribution >= 4 is 0 Å². The second-order valence-electron chi connectivity index (χ2n) is 3.96. The molecule has 0 radical (unpaired) electrons. The van der Waals surface area contributed by atoms with E-state index in [4.69, 9.17) is 15.3 Å². The minimum atomic E-state index is -2.47. The largest absolute Gasteiger partial charge is 0.344 e. The lowest BCUT2D eigenvalue weighted by molar-refractivity contribution is -0.315. The van der Waals surface area contributed by atoms with Gasteiger partial charge in [0.2, 0.25) is 0 Å². The van der Waals surface area contributed by atoms with Crippen LogP contribution < -0.4 is 0 Å². The second kappa shape index (κ2) is 8.89. The molecule has 0 saturated carbocycles. The quantitative estimate of drug-likeness (QED) is 0.315. The Morgan fingerprint density at radius 3 is 2.07 bits per heavy atom. The Bertz CT molecular complexity index is 159. The molecule has 90 valence electrons. The van der Waals surface area contributed by atoms with Crippen LogP contribution >= 0.6 is 0 Å².